The Bertz CT molecular complexity index is 501. The Morgan fingerprint density at radius 2 is 2.31 bits per heavy atom. The monoisotopic (exact) mass is 221 g/mol. The number of amides is 1. The van der Waals surface area contributed by atoms with Gasteiger partial charge in [0.25, 0.3) is 0 Å². The van der Waals surface area contributed by atoms with Gasteiger partial charge in [-0.25, -0.2) is 4.98 Å². The van der Waals surface area contributed by atoms with Crippen LogP contribution < -0.4 is 5.32 Å². The lowest BCUT2D eigenvalue weighted by Crippen LogP contribution is -2.14. The van der Waals surface area contributed by atoms with Crippen molar-refractivity contribution in [3.8, 4) is 0 Å². The molecule has 0 aliphatic carbocycles. The summed E-state index contributed by atoms with van der Waals surface area (Å²) in [6.07, 6.45) is 1.45. The summed E-state index contributed by atoms with van der Waals surface area (Å²) in [5, 5.41) is 6.25. The second-order valence-corrected chi connectivity index (χ2v) is 3.41. The minimum atomic E-state index is -0.215. The van der Waals surface area contributed by atoms with Crippen molar-refractivity contribution in [1.82, 2.24) is 10.1 Å². The molecule has 2 rings (SSSR count). The van der Waals surface area contributed by atoms with Crippen molar-refractivity contribution in [2.24, 2.45) is 0 Å². The van der Waals surface area contributed by atoms with Crippen LogP contribution in [0.25, 0.3) is 0 Å². The Hall–Kier alpha value is -2.11. The summed E-state index contributed by atoms with van der Waals surface area (Å²) in [6.45, 7) is 3.54. The molecular formula is C10H11N3O3. The number of hydrogen-bond donors (Lipinski definition) is 1. The summed E-state index contributed by atoms with van der Waals surface area (Å²) in [5.41, 5.74) is 0.714. The van der Waals surface area contributed by atoms with Crippen molar-refractivity contribution in [3.05, 3.63) is 29.7 Å². The molecule has 0 aliphatic heterocycles. The molecule has 0 aliphatic rings. The second kappa shape index (κ2) is 4.18. The fraction of sp³-hybridized carbons (Fsp3) is 0.300. The van der Waals surface area contributed by atoms with Gasteiger partial charge in [0.15, 0.2) is 12.2 Å². The van der Waals surface area contributed by atoms with E-state index in [1.165, 1.54) is 6.39 Å². The maximum Gasteiger partial charge on any atom is 0.233 e. The molecule has 1 N–H and O–H groups in total. The number of nitrogens with zero attached hydrogens (tertiary/aromatic N) is 2. The molecule has 0 aromatic carbocycles. The standard InChI is InChI=1S/C10H11N3O3/c1-6-3-9(13-16-6)12-10(14)4-8-7(2)11-5-15-8/h3,5H,4H2,1-2H3,(H,12,13,14). The van der Waals surface area contributed by atoms with Crippen LogP contribution in [0, 0.1) is 13.8 Å². The van der Waals surface area contributed by atoms with Crippen LogP contribution in [0.4, 0.5) is 5.82 Å². The number of hydrogen-bond acceptors (Lipinski definition) is 5. The molecule has 0 atom stereocenters. The van der Waals surface area contributed by atoms with Gasteiger partial charge in [0.1, 0.15) is 11.5 Å². The van der Waals surface area contributed by atoms with Crippen LogP contribution >= 0.6 is 0 Å². The van der Waals surface area contributed by atoms with Crippen LogP contribution in [0.3, 0.4) is 0 Å². The molecule has 0 unspecified atom stereocenters. The topological polar surface area (TPSA) is 81.2 Å². The van der Waals surface area contributed by atoms with Gasteiger partial charge in [-0.05, 0) is 13.8 Å². The fourth-order valence-electron chi connectivity index (χ4n) is 1.25. The SMILES string of the molecule is Cc1cc(NC(=O)Cc2ocnc2C)no1. The summed E-state index contributed by atoms with van der Waals surface area (Å²) in [5.74, 6) is 1.39. The summed E-state index contributed by atoms with van der Waals surface area (Å²) >= 11 is 0. The van der Waals surface area contributed by atoms with Crippen LogP contribution in [0.15, 0.2) is 21.4 Å². The fourth-order valence-corrected chi connectivity index (χ4v) is 1.25. The Kier molecular flexibility index (Phi) is 2.72. The molecule has 0 radical (unpaired) electrons. The van der Waals surface area contributed by atoms with E-state index in [1.54, 1.807) is 19.9 Å². The molecule has 6 nitrogen and oxygen atoms in total. The zero-order valence-electron chi connectivity index (χ0n) is 8.98. The van der Waals surface area contributed by atoms with Gasteiger partial charge < -0.3 is 14.3 Å². The number of aromatic nitrogens is 2. The highest BCUT2D eigenvalue weighted by Crippen LogP contribution is 2.10. The summed E-state index contributed by atoms with van der Waals surface area (Å²) in [4.78, 5) is 15.5. The van der Waals surface area contributed by atoms with E-state index in [2.05, 4.69) is 15.5 Å². The highest BCUT2D eigenvalue weighted by molar-refractivity contribution is 5.91. The van der Waals surface area contributed by atoms with Crippen molar-refractivity contribution in [3.63, 3.8) is 0 Å². The van der Waals surface area contributed by atoms with Crippen LogP contribution in [0.2, 0.25) is 0 Å². The van der Waals surface area contributed by atoms with Crippen molar-refractivity contribution < 1.29 is 13.7 Å². The lowest BCUT2D eigenvalue weighted by atomic mass is 10.2. The van der Waals surface area contributed by atoms with E-state index in [1.807, 2.05) is 0 Å². The summed E-state index contributed by atoms with van der Waals surface area (Å²) < 4.78 is 9.89. The van der Waals surface area contributed by atoms with E-state index in [9.17, 15) is 4.79 Å². The third kappa shape index (κ3) is 2.28. The van der Waals surface area contributed by atoms with Gasteiger partial charge in [-0.2, -0.15) is 0 Å². The minimum Gasteiger partial charge on any atom is -0.448 e. The summed E-state index contributed by atoms with van der Waals surface area (Å²) in [7, 11) is 0. The highest BCUT2D eigenvalue weighted by Gasteiger charge is 2.11. The van der Waals surface area contributed by atoms with Crippen molar-refractivity contribution in [2.75, 3.05) is 5.32 Å². The van der Waals surface area contributed by atoms with Crippen molar-refractivity contribution in [2.45, 2.75) is 20.3 Å². The molecular weight excluding hydrogens is 210 g/mol. The maximum atomic E-state index is 11.6. The number of oxazole rings is 1. The third-order valence-electron chi connectivity index (χ3n) is 2.06. The molecule has 0 bridgehead atoms. The van der Waals surface area contributed by atoms with E-state index < -0.39 is 0 Å². The Morgan fingerprint density at radius 1 is 1.50 bits per heavy atom. The normalized spacial score (nSPS) is 10.4. The van der Waals surface area contributed by atoms with Gasteiger partial charge in [-0.15, -0.1) is 0 Å². The predicted octanol–water partition coefficient (Wildman–Crippen LogP) is 1.46. The average Bonchev–Trinajstić information content (AvgIpc) is 2.77. The second-order valence-electron chi connectivity index (χ2n) is 3.41. The van der Waals surface area contributed by atoms with Crippen LogP contribution in [-0.2, 0) is 11.2 Å². The van der Waals surface area contributed by atoms with Gasteiger partial charge in [-0.3, -0.25) is 4.79 Å². The Labute approximate surface area is 91.6 Å². The van der Waals surface area contributed by atoms with Gasteiger partial charge in [-0.1, -0.05) is 5.16 Å². The first-order valence-corrected chi connectivity index (χ1v) is 4.77. The Balaban J connectivity index is 1.97. The zero-order valence-corrected chi connectivity index (χ0v) is 8.98. The number of rotatable bonds is 3. The first kappa shape index (κ1) is 10.4. The van der Waals surface area contributed by atoms with E-state index >= 15 is 0 Å². The van der Waals surface area contributed by atoms with E-state index in [0.717, 1.165) is 0 Å². The quantitative estimate of drug-likeness (QED) is 0.848. The third-order valence-corrected chi connectivity index (χ3v) is 2.06. The van der Waals surface area contributed by atoms with Crippen LogP contribution in [0.5, 0.6) is 0 Å². The van der Waals surface area contributed by atoms with Crippen molar-refractivity contribution >= 4 is 11.7 Å². The minimum absolute atomic E-state index is 0.137. The molecule has 6 heteroatoms. The highest BCUT2D eigenvalue weighted by atomic mass is 16.5. The number of aryl methyl sites for hydroxylation is 2. The van der Waals surface area contributed by atoms with Crippen LogP contribution in [0.1, 0.15) is 17.2 Å². The molecule has 2 aromatic rings. The molecule has 0 fully saturated rings. The molecule has 0 saturated carbocycles. The van der Waals surface area contributed by atoms with Gasteiger partial charge >= 0.3 is 0 Å². The van der Waals surface area contributed by atoms with Gasteiger partial charge in [0, 0.05) is 6.07 Å². The number of carbonyl (C=O) groups is 1. The smallest absolute Gasteiger partial charge is 0.233 e. The number of carbonyl (C=O) groups excluding carboxylic acids is 1. The Morgan fingerprint density at radius 3 is 2.88 bits per heavy atom. The molecule has 0 spiro atoms. The number of nitrogens with one attached hydrogen (secondary N) is 1. The van der Waals surface area contributed by atoms with E-state index in [-0.39, 0.29) is 12.3 Å². The summed E-state index contributed by atoms with van der Waals surface area (Å²) in [6, 6.07) is 1.64. The predicted molar refractivity (Wildman–Crippen MR) is 54.8 cm³/mol. The molecule has 2 aromatic heterocycles. The zero-order chi connectivity index (χ0) is 11.5. The molecule has 84 valence electrons. The average molecular weight is 221 g/mol. The lowest BCUT2D eigenvalue weighted by Gasteiger charge is -1.98. The van der Waals surface area contributed by atoms with Crippen molar-refractivity contribution in [1.29, 1.82) is 0 Å². The van der Waals surface area contributed by atoms with Gasteiger partial charge in [0.05, 0.1) is 12.1 Å². The first-order chi connectivity index (χ1) is 7.65. The van der Waals surface area contributed by atoms with Crippen LogP contribution in [-0.4, -0.2) is 16.0 Å². The molecule has 0 saturated heterocycles. The molecule has 1 amide bonds. The van der Waals surface area contributed by atoms with Gasteiger partial charge in [0.2, 0.25) is 5.91 Å². The van der Waals surface area contributed by atoms with E-state index in [4.69, 9.17) is 8.94 Å². The largest absolute Gasteiger partial charge is 0.448 e. The first-order valence-electron chi connectivity index (χ1n) is 4.77. The van der Waals surface area contributed by atoms with E-state index in [0.29, 0.717) is 23.0 Å². The molecule has 2 heterocycles. The lowest BCUT2D eigenvalue weighted by molar-refractivity contribution is -0.115. The number of anilines is 1. The molecule has 16 heavy (non-hydrogen) atoms. The maximum absolute atomic E-state index is 11.6.